The minimum atomic E-state index is -0.710. The van der Waals surface area contributed by atoms with Gasteiger partial charge in [-0.05, 0) is 41.9 Å². The molecule has 0 saturated carbocycles. The standard InChI is InChI=1S/C10H12BrNO2.B/c1-10(2,9(13)14-3)7-5-4-6-8(11)12-7;/h4-6H,1-3H3;. The van der Waals surface area contributed by atoms with E-state index in [-0.39, 0.29) is 14.4 Å². The molecule has 15 heavy (non-hydrogen) atoms. The second-order valence-corrected chi connectivity index (χ2v) is 4.27. The molecule has 0 N–H and O–H groups in total. The highest BCUT2D eigenvalue weighted by atomic mass is 79.9. The van der Waals surface area contributed by atoms with Gasteiger partial charge in [0.1, 0.15) is 10.0 Å². The molecule has 1 aromatic heterocycles. The van der Waals surface area contributed by atoms with Gasteiger partial charge in [0, 0.05) is 8.41 Å². The number of carbonyl (C=O) groups is 1. The van der Waals surface area contributed by atoms with Gasteiger partial charge >= 0.3 is 5.97 Å². The number of hydrogen-bond donors (Lipinski definition) is 0. The van der Waals surface area contributed by atoms with Crippen LogP contribution in [0.5, 0.6) is 0 Å². The van der Waals surface area contributed by atoms with Crippen LogP contribution in [0.25, 0.3) is 0 Å². The zero-order valence-corrected chi connectivity index (χ0v) is 10.5. The molecular formula is C10H12BBrNO2. The molecule has 0 bridgehead atoms. The maximum atomic E-state index is 11.5. The van der Waals surface area contributed by atoms with Gasteiger partial charge in [0.15, 0.2) is 0 Å². The summed E-state index contributed by atoms with van der Waals surface area (Å²) in [5.74, 6) is -0.289. The van der Waals surface area contributed by atoms with Crippen molar-refractivity contribution < 1.29 is 9.53 Å². The maximum absolute atomic E-state index is 11.5. The zero-order chi connectivity index (χ0) is 10.8. The number of esters is 1. The lowest BCUT2D eigenvalue weighted by Gasteiger charge is -2.20. The molecular weight excluding hydrogens is 257 g/mol. The molecule has 1 heterocycles. The summed E-state index contributed by atoms with van der Waals surface area (Å²) in [5, 5.41) is 0. The van der Waals surface area contributed by atoms with Crippen LogP contribution in [-0.4, -0.2) is 26.5 Å². The number of pyridine rings is 1. The Bertz CT molecular complexity index is 355. The fourth-order valence-electron chi connectivity index (χ4n) is 1.12. The number of rotatable bonds is 2. The van der Waals surface area contributed by atoms with Crippen molar-refractivity contribution in [3.8, 4) is 0 Å². The van der Waals surface area contributed by atoms with Crippen molar-refractivity contribution in [3.63, 3.8) is 0 Å². The third-order valence-electron chi connectivity index (χ3n) is 2.05. The average Bonchev–Trinajstić information content (AvgIpc) is 2.16. The maximum Gasteiger partial charge on any atom is 0.317 e. The summed E-state index contributed by atoms with van der Waals surface area (Å²) >= 11 is 3.26. The molecule has 3 nitrogen and oxygen atoms in total. The number of halogens is 1. The largest absolute Gasteiger partial charge is 0.468 e. The average molecular weight is 269 g/mol. The minimum absolute atomic E-state index is 0. The van der Waals surface area contributed by atoms with Crippen LogP contribution in [0.15, 0.2) is 22.8 Å². The predicted octanol–water partition coefficient (Wildman–Crippen LogP) is 1.91. The van der Waals surface area contributed by atoms with Crippen molar-refractivity contribution >= 4 is 30.3 Å². The van der Waals surface area contributed by atoms with Crippen LogP contribution in [0.2, 0.25) is 0 Å². The van der Waals surface area contributed by atoms with Gasteiger partial charge in [0.25, 0.3) is 0 Å². The monoisotopic (exact) mass is 268 g/mol. The first kappa shape index (κ1) is 14.2. The summed E-state index contributed by atoms with van der Waals surface area (Å²) in [6, 6.07) is 5.47. The molecule has 1 aromatic rings. The summed E-state index contributed by atoms with van der Waals surface area (Å²) < 4.78 is 5.43. The lowest BCUT2D eigenvalue weighted by atomic mass is 9.89. The molecule has 0 aliphatic heterocycles. The molecule has 0 atom stereocenters. The second-order valence-electron chi connectivity index (χ2n) is 3.46. The van der Waals surface area contributed by atoms with Crippen LogP contribution in [0.4, 0.5) is 0 Å². The van der Waals surface area contributed by atoms with Gasteiger partial charge in [-0.1, -0.05) is 6.07 Å². The third kappa shape index (κ3) is 3.06. The van der Waals surface area contributed by atoms with Crippen molar-refractivity contribution in [3.05, 3.63) is 28.5 Å². The fourth-order valence-corrected chi connectivity index (χ4v) is 1.46. The van der Waals surface area contributed by atoms with E-state index >= 15 is 0 Å². The van der Waals surface area contributed by atoms with E-state index in [1.165, 1.54) is 7.11 Å². The van der Waals surface area contributed by atoms with Crippen molar-refractivity contribution in [2.45, 2.75) is 19.3 Å². The van der Waals surface area contributed by atoms with E-state index in [2.05, 4.69) is 20.9 Å². The molecule has 1 rings (SSSR count). The first-order chi connectivity index (χ1) is 6.48. The summed E-state index contributed by atoms with van der Waals surface area (Å²) in [5.41, 5.74) is -0.0165. The fraction of sp³-hybridized carbons (Fsp3) is 0.400. The summed E-state index contributed by atoms with van der Waals surface area (Å²) in [6.45, 7) is 3.57. The lowest BCUT2D eigenvalue weighted by molar-refractivity contribution is -0.146. The Morgan fingerprint density at radius 1 is 1.47 bits per heavy atom. The lowest BCUT2D eigenvalue weighted by Crippen LogP contribution is -2.31. The molecule has 3 radical (unpaired) electrons. The third-order valence-corrected chi connectivity index (χ3v) is 2.49. The first-order valence-corrected chi connectivity index (χ1v) is 4.99. The van der Waals surface area contributed by atoms with Crippen LogP contribution >= 0.6 is 15.9 Å². The Hall–Kier alpha value is -0.835. The first-order valence-electron chi connectivity index (χ1n) is 4.20. The molecule has 79 valence electrons. The molecule has 0 aliphatic rings. The highest BCUT2D eigenvalue weighted by Gasteiger charge is 2.32. The van der Waals surface area contributed by atoms with E-state index < -0.39 is 5.41 Å². The van der Waals surface area contributed by atoms with Crippen LogP contribution in [0.1, 0.15) is 19.5 Å². The SMILES string of the molecule is COC(=O)C(C)(C)c1cccc(Br)n1.[B]. The number of hydrogen-bond acceptors (Lipinski definition) is 3. The Labute approximate surface area is 99.9 Å². The van der Waals surface area contributed by atoms with Crippen molar-refractivity contribution in [1.82, 2.24) is 4.98 Å². The number of carbonyl (C=O) groups excluding carboxylic acids is 1. The molecule has 5 heteroatoms. The Kier molecular flexibility index (Phi) is 5.01. The minimum Gasteiger partial charge on any atom is -0.468 e. The van der Waals surface area contributed by atoms with Gasteiger partial charge in [-0.25, -0.2) is 4.98 Å². The number of ether oxygens (including phenoxy) is 1. The Morgan fingerprint density at radius 3 is 2.53 bits per heavy atom. The Morgan fingerprint density at radius 2 is 2.07 bits per heavy atom. The van der Waals surface area contributed by atoms with Gasteiger partial charge in [0.2, 0.25) is 0 Å². The van der Waals surface area contributed by atoms with Gasteiger partial charge in [-0.3, -0.25) is 4.79 Å². The highest BCUT2D eigenvalue weighted by Crippen LogP contribution is 2.23. The van der Waals surface area contributed by atoms with Crippen molar-refractivity contribution in [1.29, 1.82) is 0 Å². The number of methoxy groups -OCH3 is 1. The van der Waals surface area contributed by atoms with Crippen molar-refractivity contribution in [2.24, 2.45) is 0 Å². The quantitative estimate of drug-likeness (QED) is 0.467. The van der Waals surface area contributed by atoms with Crippen LogP contribution < -0.4 is 0 Å². The Balaban J connectivity index is 0.00000196. The normalized spacial score (nSPS) is 10.4. The molecule has 0 fully saturated rings. The van der Waals surface area contributed by atoms with Gasteiger partial charge in [0.05, 0.1) is 12.8 Å². The van der Waals surface area contributed by atoms with Gasteiger partial charge in [-0.15, -0.1) is 0 Å². The highest BCUT2D eigenvalue weighted by molar-refractivity contribution is 9.10. The summed E-state index contributed by atoms with van der Waals surface area (Å²) in [7, 11) is 1.38. The second kappa shape index (κ2) is 5.30. The molecule has 0 amide bonds. The number of nitrogens with zero attached hydrogens (tertiary/aromatic N) is 1. The smallest absolute Gasteiger partial charge is 0.317 e. The van der Waals surface area contributed by atoms with Crippen LogP contribution in [0, 0.1) is 0 Å². The molecule has 0 unspecified atom stereocenters. The zero-order valence-electron chi connectivity index (χ0n) is 8.95. The van der Waals surface area contributed by atoms with E-state index in [4.69, 9.17) is 4.74 Å². The molecule has 0 aliphatic carbocycles. The molecule has 0 saturated heterocycles. The molecule has 0 aromatic carbocycles. The van der Waals surface area contributed by atoms with E-state index in [1.54, 1.807) is 13.8 Å². The van der Waals surface area contributed by atoms with E-state index in [9.17, 15) is 4.79 Å². The van der Waals surface area contributed by atoms with Gasteiger partial charge < -0.3 is 4.74 Å². The van der Waals surface area contributed by atoms with Gasteiger partial charge in [-0.2, -0.15) is 0 Å². The topological polar surface area (TPSA) is 39.2 Å². The summed E-state index contributed by atoms with van der Waals surface area (Å²) in [4.78, 5) is 15.7. The van der Waals surface area contributed by atoms with Crippen LogP contribution in [-0.2, 0) is 14.9 Å². The number of aromatic nitrogens is 1. The van der Waals surface area contributed by atoms with Crippen molar-refractivity contribution in [2.75, 3.05) is 7.11 Å². The van der Waals surface area contributed by atoms with E-state index in [1.807, 2.05) is 18.2 Å². The summed E-state index contributed by atoms with van der Waals surface area (Å²) in [6.07, 6.45) is 0. The molecule has 0 spiro atoms. The predicted molar refractivity (Wildman–Crippen MR) is 62.7 cm³/mol. The van der Waals surface area contributed by atoms with E-state index in [0.717, 1.165) is 0 Å². The van der Waals surface area contributed by atoms with Crippen LogP contribution in [0.3, 0.4) is 0 Å². The van der Waals surface area contributed by atoms with E-state index in [0.29, 0.717) is 10.3 Å².